The number of nitrogens with zero attached hydrogens (tertiary/aromatic N) is 1. The Morgan fingerprint density at radius 2 is 2.22 bits per heavy atom. The van der Waals surface area contributed by atoms with Gasteiger partial charge in [-0.05, 0) is 44.5 Å². The summed E-state index contributed by atoms with van der Waals surface area (Å²) in [7, 11) is 0. The summed E-state index contributed by atoms with van der Waals surface area (Å²) in [5.41, 5.74) is 8.03. The van der Waals surface area contributed by atoms with E-state index in [1.165, 1.54) is 11.3 Å². The number of benzene rings is 1. The van der Waals surface area contributed by atoms with Crippen molar-refractivity contribution >= 4 is 17.3 Å². The molecule has 1 saturated heterocycles. The second-order valence-corrected chi connectivity index (χ2v) is 5.78. The quantitative estimate of drug-likeness (QED) is 0.915. The van der Waals surface area contributed by atoms with E-state index in [9.17, 15) is 0 Å². The Balaban J connectivity index is 2.28. The molecule has 0 aromatic heterocycles. The van der Waals surface area contributed by atoms with Crippen LogP contribution in [0.2, 0.25) is 5.02 Å². The number of halogens is 1. The van der Waals surface area contributed by atoms with Crippen LogP contribution in [0.4, 0.5) is 5.69 Å². The number of ether oxygens (including phenoxy) is 1. The maximum absolute atomic E-state index is 6.12. The summed E-state index contributed by atoms with van der Waals surface area (Å²) in [5.74, 6) is 0. The van der Waals surface area contributed by atoms with E-state index in [0.29, 0.717) is 6.54 Å². The molecule has 2 rings (SSSR count). The number of rotatable bonds is 3. The van der Waals surface area contributed by atoms with E-state index >= 15 is 0 Å². The van der Waals surface area contributed by atoms with E-state index in [1.54, 1.807) is 0 Å². The summed E-state index contributed by atoms with van der Waals surface area (Å²) in [6.45, 7) is 7.43. The molecular formula is C14H21ClN2O. The van der Waals surface area contributed by atoms with Crippen LogP contribution in [0, 0.1) is 0 Å². The van der Waals surface area contributed by atoms with Gasteiger partial charge in [0.15, 0.2) is 0 Å². The molecule has 0 spiro atoms. The average Bonchev–Trinajstić information content (AvgIpc) is 2.30. The predicted octanol–water partition coefficient (Wildman–Crippen LogP) is 2.46. The standard InChI is InChI=1S/C14H21ClN2O/c1-14(2)10-17(7-8-18-14)13-9-12(15)4-3-11(13)5-6-16/h3-4,9H,5-8,10,16H2,1-2H3. The van der Waals surface area contributed by atoms with Crippen molar-refractivity contribution in [3.63, 3.8) is 0 Å². The van der Waals surface area contributed by atoms with Crippen LogP contribution in [0.25, 0.3) is 0 Å². The first-order chi connectivity index (χ1) is 8.52. The van der Waals surface area contributed by atoms with Gasteiger partial charge in [-0.3, -0.25) is 0 Å². The van der Waals surface area contributed by atoms with Gasteiger partial charge >= 0.3 is 0 Å². The van der Waals surface area contributed by atoms with Crippen molar-refractivity contribution in [1.29, 1.82) is 0 Å². The second-order valence-electron chi connectivity index (χ2n) is 5.34. The van der Waals surface area contributed by atoms with Crippen LogP contribution >= 0.6 is 11.6 Å². The van der Waals surface area contributed by atoms with E-state index < -0.39 is 0 Å². The highest BCUT2D eigenvalue weighted by atomic mass is 35.5. The highest BCUT2D eigenvalue weighted by molar-refractivity contribution is 6.30. The zero-order chi connectivity index (χ0) is 13.2. The molecule has 1 aromatic rings. The Hall–Kier alpha value is -0.770. The zero-order valence-electron chi connectivity index (χ0n) is 11.1. The minimum Gasteiger partial charge on any atom is -0.372 e. The minimum absolute atomic E-state index is 0.111. The SMILES string of the molecule is CC1(C)CN(c2cc(Cl)ccc2CCN)CCO1. The molecule has 4 heteroatoms. The third-order valence-electron chi connectivity index (χ3n) is 3.23. The molecule has 0 saturated carbocycles. The lowest BCUT2D eigenvalue weighted by molar-refractivity contribution is -0.0277. The zero-order valence-corrected chi connectivity index (χ0v) is 11.8. The monoisotopic (exact) mass is 268 g/mol. The maximum Gasteiger partial charge on any atom is 0.0801 e. The van der Waals surface area contributed by atoms with Crippen LogP contribution in [0.1, 0.15) is 19.4 Å². The number of anilines is 1. The van der Waals surface area contributed by atoms with Crippen molar-refractivity contribution in [3.05, 3.63) is 28.8 Å². The fourth-order valence-corrected chi connectivity index (χ4v) is 2.59. The van der Waals surface area contributed by atoms with Gasteiger partial charge in [-0.2, -0.15) is 0 Å². The third-order valence-corrected chi connectivity index (χ3v) is 3.46. The van der Waals surface area contributed by atoms with Crippen LogP contribution in [0.3, 0.4) is 0 Å². The van der Waals surface area contributed by atoms with Gasteiger partial charge in [-0.1, -0.05) is 17.7 Å². The van der Waals surface area contributed by atoms with Gasteiger partial charge in [0.2, 0.25) is 0 Å². The molecule has 1 aliphatic heterocycles. The molecule has 0 atom stereocenters. The van der Waals surface area contributed by atoms with Crippen molar-refractivity contribution in [1.82, 2.24) is 0 Å². The summed E-state index contributed by atoms with van der Waals surface area (Å²) in [6.07, 6.45) is 0.879. The van der Waals surface area contributed by atoms with Gasteiger partial charge in [0.25, 0.3) is 0 Å². The van der Waals surface area contributed by atoms with E-state index in [0.717, 1.165) is 31.1 Å². The average molecular weight is 269 g/mol. The minimum atomic E-state index is -0.111. The number of morpholine rings is 1. The van der Waals surface area contributed by atoms with E-state index in [2.05, 4.69) is 24.8 Å². The van der Waals surface area contributed by atoms with Gasteiger partial charge in [0, 0.05) is 23.8 Å². The van der Waals surface area contributed by atoms with Crippen LogP contribution in [0.5, 0.6) is 0 Å². The second kappa shape index (κ2) is 5.47. The van der Waals surface area contributed by atoms with Crippen molar-refractivity contribution in [2.75, 3.05) is 31.1 Å². The topological polar surface area (TPSA) is 38.5 Å². The molecule has 0 amide bonds. The molecule has 100 valence electrons. The van der Waals surface area contributed by atoms with Crippen molar-refractivity contribution in [3.8, 4) is 0 Å². The van der Waals surface area contributed by atoms with Crippen LogP contribution in [0.15, 0.2) is 18.2 Å². The van der Waals surface area contributed by atoms with Crippen molar-refractivity contribution < 1.29 is 4.74 Å². The lowest BCUT2D eigenvalue weighted by atomic mass is 10.0. The largest absolute Gasteiger partial charge is 0.372 e. The van der Waals surface area contributed by atoms with Gasteiger partial charge in [-0.25, -0.2) is 0 Å². The number of nitrogens with two attached hydrogens (primary N) is 1. The van der Waals surface area contributed by atoms with Crippen LogP contribution < -0.4 is 10.6 Å². The summed E-state index contributed by atoms with van der Waals surface area (Å²) in [6, 6.07) is 6.04. The summed E-state index contributed by atoms with van der Waals surface area (Å²) >= 11 is 6.12. The normalized spacial score (nSPS) is 19.0. The molecule has 0 bridgehead atoms. The van der Waals surface area contributed by atoms with Gasteiger partial charge < -0.3 is 15.4 Å². The fraction of sp³-hybridized carbons (Fsp3) is 0.571. The fourth-order valence-electron chi connectivity index (χ4n) is 2.42. The van der Waals surface area contributed by atoms with Gasteiger partial charge in [0.05, 0.1) is 12.2 Å². The highest BCUT2D eigenvalue weighted by Gasteiger charge is 2.28. The predicted molar refractivity (Wildman–Crippen MR) is 76.5 cm³/mol. The molecule has 0 radical (unpaired) electrons. The summed E-state index contributed by atoms with van der Waals surface area (Å²) < 4.78 is 5.75. The molecule has 18 heavy (non-hydrogen) atoms. The van der Waals surface area contributed by atoms with Crippen LogP contribution in [-0.2, 0) is 11.2 Å². The van der Waals surface area contributed by atoms with Gasteiger partial charge in [-0.15, -0.1) is 0 Å². The molecule has 0 unspecified atom stereocenters. The Bertz CT molecular complexity index is 420. The maximum atomic E-state index is 6.12. The Kier molecular flexibility index (Phi) is 4.15. The molecule has 0 aliphatic carbocycles. The first kappa shape index (κ1) is 13.7. The third kappa shape index (κ3) is 3.16. The lowest BCUT2D eigenvalue weighted by Gasteiger charge is -2.40. The molecular weight excluding hydrogens is 248 g/mol. The molecule has 1 aromatic carbocycles. The summed E-state index contributed by atoms with van der Waals surface area (Å²) in [5, 5.41) is 0.773. The molecule has 2 N–H and O–H groups in total. The molecule has 3 nitrogen and oxygen atoms in total. The Labute approximate surface area is 114 Å². The smallest absolute Gasteiger partial charge is 0.0801 e. The van der Waals surface area contributed by atoms with Crippen molar-refractivity contribution in [2.45, 2.75) is 25.9 Å². The van der Waals surface area contributed by atoms with E-state index in [-0.39, 0.29) is 5.60 Å². The first-order valence-electron chi connectivity index (χ1n) is 6.39. The summed E-state index contributed by atoms with van der Waals surface area (Å²) in [4.78, 5) is 2.35. The highest BCUT2D eigenvalue weighted by Crippen LogP contribution is 2.29. The molecule has 1 aliphatic rings. The van der Waals surface area contributed by atoms with Gasteiger partial charge in [0.1, 0.15) is 0 Å². The molecule has 1 fully saturated rings. The van der Waals surface area contributed by atoms with E-state index in [1.807, 2.05) is 12.1 Å². The van der Waals surface area contributed by atoms with Crippen molar-refractivity contribution in [2.24, 2.45) is 5.73 Å². The van der Waals surface area contributed by atoms with Crippen LogP contribution in [-0.4, -0.2) is 31.8 Å². The lowest BCUT2D eigenvalue weighted by Crippen LogP contribution is -2.48. The Morgan fingerprint density at radius 1 is 1.44 bits per heavy atom. The molecule has 1 heterocycles. The number of hydrogen-bond acceptors (Lipinski definition) is 3. The van der Waals surface area contributed by atoms with E-state index in [4.69, 9.17) is 22.1 Å². The number of hydrogen-bond donors (Lipinski definition) is 1. The Morgan fingerprint density at radius 3 is 2.89 bits per heavy atom. The first-order valence-corrected chi connectivity index (χ1v) is 6.77.